The zero-order valence-electron chi connectivity index (χ0n) is 53.4. The number of phosphoric ester groups is 1. The maximum absolute atomic E-state index is 12.8. The predicted molar refractivity (Wildman–Crippen MR) is 351 cm³/mol. The SMILES string of the molecule is CC/C=C\C/C=C\C/C=C\C/C=C\C/C=C\C/C=C\C/C=C\C/C=C\C/C=C\C/C=C\CCCCCCCCCCCCC(=O)OC(COC(=O)CCCCCCCCCCCCCCCCCCC)COP(=O)([O-])OCC[N+](C)(C)C. The van der Waals surface area contributed by atoms with Crippen LogP contribution in [0.4, 0.5) is 0 Å². The number of nitrogens with zero attached hydrogens (tertiary/aromatic N) is 1. The number of carbonyl (C=O) groups excluding carboxylic acids is 2. The third kappa shape index (κ3) is 65.6. The van der Waals surface area contributed by atoms with Crippen molar-refractivity contribution in [2.75, 3.05) is 47.5 Å². The Morgan fingerprint density at radius 3 is 1.04 bits per heavy atom. The van der Waals surface area contributed by atoms with Gasteiger partial charge in [0.2, 0.25) is 0 Å². The fourth-order valence-corrected chi connectivity index (χ4v) is 9.65. The summed E-state index contributed by atoms with van der Waals surface area (Å²) >= 11 is 0. The van der Waals surface area contributed by atoms with E-state index in [2.05, 4.69) is 135 Å². The van der Waals surface area contributed by atoms with Gasteiger partial charge in [0.1, 0.15) is 19.8 Å². The molecule has 0 bridgehead atoms. The van der Waals surface area contributed by atoms with Crippen molar-refractivity contribution >= 4 is 19.8 Å². The van der Waals surface area contributed by atoms with E-state index < -0.39 is 26.5 Å². The lowest BCUT2D eigenvalue weighted by Crippen LogP contribution is -2.37. The third-order valence-electron chi connectivity index (χ3n) is 14.0. The van der Waals surface area contributed by atoms with Gasteiger partial charge in [-0.1, -0.05) is 289 Å². The van der Waals surface area contributed by atoms with Gasteiger partial charge in [0.25, 0.3) is 7.82 Å². The van der Waals surface area contributed by atoms with Crippen molar-refractivity contribution < 1.29 is 42.1 Å². The summed E-state index contributed by atoms with van der Waals surface area (Å²) in [6.07, 6.45) is 88.4. The molecule has 0 rings (SSSR count). The van der Waals surface area contributed by atoms with Gasteiger partial charge < -0.3 is 27.9 Å². The average Bonchev–Trinajstić information content (AvgIpc) is 3.45. The molecule has 0 saturated heterocycles. The van der Waals surface area contributed by atoms with Crippen molar-refractivity contribution in [1.29, 1.82) is 0 Å². The summed E-state index contributed by atoms with van der Waals surface area (Å²) in [5.41, 5.74) is 0. The lowest BCUT2D eigenvalue weighted by Gasteiger charge is -2.28. The standard InChI is InChI=1S/C72H124NO8P/c1-6-8-10-12-14-16-18-20-22-24-25-26-27-28-29-30-31-32-33-34-35-36-37-38-39-40-41-42-43-44-45-46-47-49-51-53-55-57-59-61-63-65-72(75)81-70(69-80-82(76,77)79-67-66-73(3,4)5)68-78-71(74)64-62-60-58-56-54-52-50-48-23-21-19-17-15-13-11-9-7-2/h8,10,14,16,20,22,25-26,28-29,31-32,34-35,37-38,40-41,43-44,70H,6-7,9,11-13,15,17-19,21,23-24,27,30,33,36,39,42,45-69H2,1-5H3/b10-8-,16-14-,22-20-,26-25-,29-28-,32-31-,35-34-,38-37-,41-40-,44-43-. The normalized spacial score (nSPS) is 14.0. The Hall–Kier alpha value is -3.59. The number of quaternary nitrogens is 1. The molecule has 2 unspecified atom stereocenters. The first-order chi connectivity index (χ1) is 40.0. The maximum atomic E-state index is 12.8. The molecule has 470 valence electrons. The number of carbonyl (C=O) groups is 2. The molecule has 0 aliphatic rings. The Labute approximate surface area is 505 Å². The molecule has 0 aliphatic carbocycles. The van der Waals surface area contributed by atoms with Crippen molar-refractivity contribution in [2.24, 2.45) is 0 Å². The van der Waals surface area contributed by atoms with Gasteiger partial charge in [0.05, 0.1) is 27.7 Å². The van der Waals surface area contributed by atoms with Crippen LogP contribution in [-0.2, 0) is 32.7 Å². The highest BCUT2D eigenvalue weighted by Gasteiger charge is 2.22. The summed E-state index contributed by atoms with van der Waals surface area (Å²) < 4.78 is 34.2. The van der Waals surface area contributed by atoms with Crippen LogP contribution in [0.25, 0.3) is 0 Å². The molecule has 0 spiro atoms. The number of phosphoric acid groups is 1. The van der Waals surface area contributed by atoms with Gasteiger partial charge in [-0.05, 0) is 89.9 Å². The van der Waals surface area contributed by atoms with E-state index in [1.165, 1.54) is 128 Å². The van der Waals surface area contributed by atoms with Gasteiger partial charge in [-0.15, -0.1) is 0 Å². The number of allylic oxidation sites excluding steroid dienone is 20. The molecule has 10 heteroatoms. The molecule has 0 aromatic carbocycles. The second-order valence-electron chi connectivity index (χ2n) is 23.1. The van der Waals surface area contributed by atoms with Crippen LogP contribution >= 0.6 is 7.82 Å². The Morgan fingerprint density at radius 1 is 0.390 bits per heavy atom. The smallest absolute Gasteiger partial charge is 0.306 e. The predicted octanol–water partition coefficient (Wildman–Crippen LogP) is 20.9. The van der Waals surface area contributed by atoms with E-state index in [0.29, 0.717) is 17.4 Å². The first-order valence-corrected chi connectivity index (χ1v) is 34.7. The minimum Gasteiger partial charge on any atom is -0.756 e. The zero-order valence-corrected chi connectivity index (χ0v) is 54.3. The number of rotatable bonds is 60. The van der Waals surface area contributed by atoms with Crippen molar-refractivity contribution in [3.05, 3.63) is 122 Å². The molecule has 0 aromatic rings. The summed E-state index contributed by atoms with van der Waals surface area (Å²) in [5.74, 6) is -0.835. The van der Waals surface area contributed by atoms with Gasteiger partial charge in [-0.3, -0.25) is 14.2 Å². The molecular formula is C72H124NO8P. The first kappa shape index (κ1) is 78.4. The first-order valence-electron chi connectivity index (χ1n) is 33.2. The largest absolute Gasteiger partial charge is 0.756 e. The fraction of sp³-hybridized carbons (Fsp3) is 0.694. The highest BCUT2D eigenvalue weighted by atomic mass is 31.2. The second kappa shape index (κ2) is 62.0. The number of unbranched alkanes of at least 4 members (excludes halogenated alkanes) is 26. The van der Waals surface area contributed by atoms with Crippen LogP contribution in [0, 0.1) is 0 Å². The summed E-state index contributed by atoms with van der Waals surface area (Å²) in [5, 5.41) is 0. The summed E-state index contributed by atoms with van der Waals surface area (Å²) in [6, 6.07) is 0. The van der Waals surface area contributed by atoms with Crippen LogP contribution in [0.5, 0.6) is 0 Å². The number of esters is 2. The zero-order chi connectivity index (χ0) is 59.8. The lowest BCUT2D eigenvalue weighted by atomic mass is 10.0. The van der Waals surface area contributed by atoms with Crippen LogP contribution in [0.2, 0.25) is 0 Å². The maximum Gasteiger partial charge on any atom is 0.306 e. The Balaban J connectivity index is 4.07. The van der Waals surface area contributed by atoms with Crippen LogP contribution in [0.3, 0.4) is 0 Å². The van der Waals surface area contributed by atoms with Gasteiger partial charge in [0, 0.05) is 12.8 Å². The van der Waals surface area contributed by atoms with E-state index in [9.17, 15) is 19.0 Å². The molecule has 0 radical (unpaired) electrons. The molecule has 0 N–H and O–H groups in total. The monoisotopic (exact) mass is 1160 g/mol. The van der Waals surface area contributed by atoms with Gasteiger partial charge in [-0.2, -0.15) is 0 Å². The van der Waals surface area contributed by atoms with Gasteiger partial charge in [-0.25, -0.2) is 0 Å². The van der Waals surface area contributed by atoms with Crippen LogP contribution in [0.15, 0.2) is 122 Å². The van der Waals surface area contributed by atoms with Crippen molar-refractivity contribution in [3.8, 4) is 0 Å². The van der Waals surface area contributed by atoms with Crippen molar-refractivity contribution in [2.45, 2.75) is 277 Å². The molecule has 0 aromatic heterocycles. The highest BCUT2D eigenvalue weighted by Crippen LogP contribution is 2.38. The quantitative estimate of drug-likeness (QED) is 0.0195. The van der Waals surface area contributed by atoms with Crippen molar-refractivity contribution in [3.63, 3.8) is 0 Å². The van der Waals surface area contributed by atoms with Gasteiger partial charge >= 0.3 is 11.9 Å². The lowest BCUT2D eigenvalue weighted by molar-refractivity contribution is -0.870. The molecule has 2 atom stereocenters. The Kier molecular flexibility index (Phi) is 59.2. The summed E-state index contributed by atoms with van der Waals surface area (Å²) in [4.78, 5) is 37.9. The molecule has 0 saturated carbocycles. The summed E-state index contributed by atoms with van der Waals surface area (Å²) in [7, 11) is 1.16. The minimum atomic E-state index is -4.64. The highest BCUT2D eigenvalue weighted by molar-refractivity contribution is 7.45. The van der Waals surface area contributed by atoms with Gasteiger partial charge in [0.15, 0.2) is 6.10 Å². The van der Waals surface area contributed by atoms with Crippen LogP contribution < -0.4 is 4.89 Å². The van der Waals surface area contributed by atoms with E-state index in [-0.39, 0.29) is 32.0 Å². The third-order valence-corrected chi connectivity index (χ3v) is 15.0. The molecule has 82 heavy (non-hydrogen) atoms. The summed E-state index contributed by atoms with van der Waals surface area (Å²) in [6.45, 7) is 4.14. The van der Waals surface area contributed by atoms with E-state index >= 15 is 0 Å². The van der Waals surface area contributed by atoms with E-state index in [1.807, 2.05) is 21.1 Å². The van der Waals surface area contributed by atoms with E-state index in [4.69, 9.17) is 18.5 Å². The van der Waals surface area contributed by atoms with E-state index in [1.54, 1.807) is 0 Å². The molecular weight excluding hydrogens is 1040 g/mol. The topological polar surface area (TPSA) is 111 Å². The molecule has 9 nitrogen and oxygen atoms in total. The van der Waals surface area contributed by atoms with E-state index in [0.717, 1.165) is 109 Å². The number of likely N-dealkylation sites (N-methyl/N-ethyl adjacent to an activating group) is 1. The number of hydrogen-bond acceptors (Lipinski definition) is 8. The Morgan fingerprint density at radius 2 is 0.695 bits per heavy atom. The van der Waals surface area contributed by atoms with Crippen LogP contribution in [0.1, 0.15) is 271 Å². The second-order valence-corrected chi connectivity index (χ2v) is 24.5. The Bertz CT molecular complexity index is 1800. The minimum absolute atomic E-state index is 0.0349. The fourth-order valence-electron chi connectivity index (χ4n) is 8.92. The van der Waals surface area contributed by atoms with Crippen LogP contribution in [-0.4, -0.2) is 70.0 Å². The number of ether oxygens (including phenoxy) is 2. The number of hydrogen-bond donors (Lipinski definition) is 0. The average molecular weight is 1160 g/mol. The van der Waals surface area contributed by atoms with Crippen molar-refractivity contribution in [1.82, 2.24) is 0 Å². The molecule has 0 heterocycles. The molecule has 0 amide bonds. The molecule has 0 aliphatic heterocycles. The molecule has 0 fully saturated rings.